The van der Waals surface area contributed by atoms with Crippen LogP contribution in [0.1, 0.15) is 17.2 Å². The number of benzene rings is 1. The van der Waals surface area contributed by atoms with Crippen LogP contribution in [0.25, 0.3) is 11.3 Å². The fourth-order valence-corrected chi connectivity index (χ4v) is 3.29. The summed E-state index contributed by atoms with van der Waals surface area (Å²) < 4.78 is 7.49. The molecule has 0 spiro atoms. The summed E-state index contributed by atoms with van der Waals surface area (Å²) >= 11 is 0. The zero-order chi connectivity index (χ0) is 19.5. The van der Waals surface area contributed by atoms with Gasteiger partial charge in [-0.05, 0) is 29.8 Å². The normalized spacial score (nSPS) is 16.0. The number of morpholine rings is 1. The summed E-state index contributed by atoms with van der Waals surface area (Å²) in [5.74, 6) is 0.612. The van der Waals surface area contributed by atoms with E-state index in [2.05, 4.69) is 16.0 Å². The number of nitrogens with zero attached hydrogens (tertiary/aromatic N) is 5. The molecule has 148 valence electrons. The summed E-state index contributed by atoms with van der Waals surface area (Å²) in [6.07, 6.45) is 3.22. The molecule has 0 bridgehead atoms. The van der Waals surface area contributed by atoms with Crippen molar-refractivity contribution in [3.05, 3.63) is 76.3 Å². The van der Waals surface area contributed by atoms with Gasteiger partial charge in [-0.1, -0.05) is 12.1 Å². The molecule has 3 heterocycles. The van der Waals surface area contributed by atoms with E-state index in [-0.39, 0.29) is 24.1 Å². The van der Waals surface area contributed by atoms with E-state index >= 15 is 0 Å². The van der Waals surface area contributed by atoms with Gasteiger partial charge < -0.3 is 9.64 Å². The maximum atomic E-state index is 12.5. The highest BCUT2D eigenvalue weighted by Crippen LogP contribution is 2.26. The van der Waals surface area contributed by atoms with E-state index in [1.165, 1.54) is 6.07 Å². The summed E-state index contributed by atoms with van der Waals surface area (Å²) in [7, 11) is 1.73. The molecule has 4 rings (SSSR count). The molecule has 1 aromatic carbocycles. The van der Waals surface area contributed by atoms with Crippen LogP contribution < -0.4 is 10.5 Å². The number of anilines is 1. The van der Waals surface area contributed by atoms with Crippen LogP contribution in [-0.2, 0) is 11.8 Å². The van der Waals surface area contributed by atoms with Gasteiger partial charge in [-0.3, -0.25) is 14.3 Å². The van der Waals surface area contributed by atoms with Crippen LogP contribution in [0.4, 0.5) is 5.95 Å². The van der Waals surface area contributed by atoms with Gasteiger partial charge in [-0.25, -0.2) is 4.98 Å². The number of pyridine rings is 1. The second kappa shape index (κ2) is 8.86. The van der Waals surface area contributed by atoms with Crippen molar-refractivity contribution < 1.29 is 4.74 Å². The smallest absolute Gasteiger partial charge is 0.255 e. The Morgan fingerprint density at radius 2 is 1.90 bits per heavy atom. The zero-order valence-corrected chi connectivity index (χ0v) is 16.7. The highest BCUT2D eigenvalue weighted by molar-refractivity contribution is 5.85. The van der Waals surface area contributed by atoms with Gasteiger partial charge >= 0.3 is 0 Å². The standard InChI is InChI=1S/C21H19N5O2.ClH/c1-25-20(27)12-18(16-6-8-23-9-7-16)24-21(25)26-10-11-28-19(14-26)17-4-2-15(13-22)3-5-17;/h2-9,12,19H,10-11,14H2,1H3;1H/t19-;/m1./s1. The van der Waals surface area contributed by atoms with E-state index in [1.807, 2.05) is 24.3 Å². The first kappa shape index (κ1) is 20.5. The molecule has 29 heavy (non-hydrogen) atoms. The average Bonchev–Trinajstić information content (AvgIpc) is 2.76. The second-order valence-corrected chi connectivity index (χ2v) is 6.61. The molecule has 0 unspecified atom stereocenters. The Bertz CT molecular complexity index is 1080. The number of nitriles is 1. The zero-order valence-electron chi connectivity index (χ0n) is 15.9. The van der Waals surface area contributed by atoms with Gasteiger partial charge in [0, 0.05) is 37.6 Å². The van der Waals surface area contributed by atoms with Crippen LogP contribution in [0.5, 0.6) is 0 Å². The van der Waals surface area contributed by atoms with Gasteiger partial charge in [0.05, 0.1) is 30.5 Å². The third-order valence-corrected chi connectivity index (χ3v) is 4.85. The van der Waals surface area contributed by atoms with Crippen molar-refractivity contribution in [1.29, 1.82) is 5.26 Å². The highest BCUT2D eigenvalue weighted by Gasteiger charge is 2.25. The number of aromatic nitrogens is 3. The number of rotatable bonds is 3. The van der Waals surface area contributed by atoms with Gasteiger partial charge in [-0.2, -0.15) is 5.26 Å². The maximum absolute atomic E-state index is 12.5. The minimum Gasteiger partial charge on any atom is -0.370 e. The molecular formula is C21H20ClN5O2. The summed E-state index contributed by atoms with van der Waals surface area (Å²) in [6, 6.07) is 14.7. The third kappa shape index (κ3) is 4.29. The first-order valence-electron chi connectivity index (χ1n) is 9.01. The fraction of sp³-hybridized carbons (Fsp3) is 0.238. The molecule has 0 saturated carbocycles. The van der Waals surface area contributed by atoms with Crippen LogP contribution >= 0.6 is 12.4 Å². The van der Waals surface area contributed by atoms with Crippen LogP contribution in [-0.4, -0.2) is 34.2 Å². The maximum Gasteiger partial charge on any atom is 0.255 e. The molecule has 1 aliphatic heterocycles. The summed E-state index contributed by atoms with van der Waals surface area (Å²) in [5.41, 5.74) is 2.98. The van der Waals surface area contributed by atoms with Gasteiger partial charge in [0.2, 0.25) is 5.95 Å². The fourth-order valence-electron chi connectivity index (χ4n) is 3.29. The molecule has 3 aromatic rings. The second-order valence-electron chi connectivity index (χ2n) is 6.61. The SMILES string of the molecule is Cl.Cn1c(N2CCO[C@@H](c3ccc(C#N)cc3)C2)nc(-c2ccncc2)cc1=O. The molecule has 0 radical (unpaired) electrons. The quantitative estimate of drug-likeness (QED) is 0.661. The molecule has 0 amide bonds. The Balaban J connectivity index is 0.00000240. The number of ether oxygens (including phenoxy) is 1. The first-order valence-corrected chi connectivity index (χ1v) is 9.01. The summed E-state index contributed by atoms with van der Waals surface area (Å²) in [6.45, 7) is 1.75. The molecular weight excluding hydrogens is 390 g/mol. The first-order chi connectivity index (χ1) is 13.7. The Labute approximate surface area is 174 Å². The van der Waals surface area contributed by atoms with Crippen LogP contribution in [0.3, 0.4) is 0 Å². The Morgan fingerprint density at radius 3 is 2.59 bits per heavy atom. The lowest BCUT2D eigenvalue weighted by Gasteiger charge is -2.34. The summed E-state index contributed by atoms with van der Waals surface area (Å²) in [4.78, 5) is 23.4. The topological polar surface area (TPSA) is 84.0 Å². The summed E-state index contributed by atoms with van der Waals surface area (Å²) in [5, 5.41) is 8.97. The predicted molar refractivity (Wildman–Crippen MR) is 112 cm³/mol. The van der Waals surface area contributed by atoms with Gasteiger partial charge in [0.1, 0.15) is 6.10 Å². The lowest BCUT2D eigenvalue weighted by molar-refractivity contribution is 0.0390. The predicted octanol–water partition coefficient (Wildman–Crippen LogP) is 2.71. The molecule has 7 nitrogen and oxygen atoms in total. The van der Waals surface area contributed by atoms with Gasteiger partial charge in [-0.15, -0.1) is 12.4 Å². The number of hydrogen-bond acceptors (Lipinski definition) is 6. The average molecular weight is 410 g/mol. The van der Waals surface area contributed by atoms with Crippen LogP contribution in [0.15, 0.2) is 59.7 Å². The Kier molecular flexibility index (Phi) is 6.27. The molecule has 8 heteroatoms. The monoisotopic (exact) mass is 409 g/mol. The van der Waals surface area contributed by atoms with Gasteiger partial charge in [0.15, 0.2) is 0 Å². The number of hydrogen-bond donors (Lipinski definition) is 0. The molecule has 0 N–H and O–H groups in total. The number of halogens is 1. The largest absolute Gasteiger partial charge is 0.370 e. The van der Waals surface area contributed by atoms with Crippen LogP contribution in [0, 0.1) is 11.3 Å². The molecule has 1 saturated heterocycles. The van der Waals surface area contributed by atoms with Crippen molar-refractivity contribution in [2.24, 2.45) is 7.05 Å². The van der Waals surface area contributed by atoms with E-state index in [4.69, 9.17) is 15.0 Å². The molecule has 2 aromatic heterocycles. The minimum absolute atomic E-state index is 0. The molecule has 1 fully saturated rings. The van der Waals surface area contributed by atoms with Crippen molar-refractivity contribution in [3.8, 4) is 17.3 Å². The van der Waals surface area contributed by atoms with E-state index in [1.54, 1.807) is 36.1 Å². The third-order valence-electron chi connectivity index (χ3n) is 4.85. The van der Waals surface area contributed by atoms with E-state index in [0.29, 0.717) is 36.9 Å². The van der Waals surface area contributed by atoms with E-state index < -0.39 is 0 Å². The Morgan fingerprint density at radius 1 is 1.17 bits per heavy atom. The van der Waals surface area contributed by atoms with E-state index in [0.717, 1.165) is 11.1 Å². The lowest BCUT2D eigenvalue weighted by Crippen LogP contribution is -2.41. The van der Waals surface area contributed by atoms with Crippen molar-refractivity contribution >= 4 is 18.4 Å². The minimum atomic E-state index is -0.150. The molecule has 1 atom stereocenters. The lowest BCUT2D eigenvalue weighted by atomic mass is 10.1. The van der Waals surface area contributed by atoms with E-state index in [9.17, 15) is 4.79 Å². The highest BCUT2D eigenvalue weighted by atomic mass is 35.5. The molecule has 1 aliphatic rings. The molecule has 0 aliphatic carbocycles. The van der Waals surface area contributed by atoms with Crippen molar-refractivity contribution in [3.63, 3.8) is 0 Å². The van der Waals surface area contributed by atoms with Crippen molar-refractivity contribution in [1.82, 2.24) is 14.5 Å². The van der Waals surface area contributed by atoms with Gasteiger partial charge in [0.25, 0.3) is 5.56 Å². The Hall–Kier alpha value is -3.21. The van der Waals surface area contributed by atoms with Crippen LogP contribution in [0.2, 0.25) is 0 Å². The van der Waals surface area contributed by atoms with Crippen molar-refractivity contribution in [2.75, 3.05) is 24.6 Å². The van der Waals surface area contributed by atoms with Crippen molar-refractivity contribution in [2.45, 2.75) is 6.10 Å².